The zero-order chi connectivity index (χ0) is 14.2. The molecule has 0 aliphatic heterocycles. The molecule has 0 atom stereocenters. The van der Waals surface area contributed by atoms with Gasteiger partial charge in [-0.1, -0.05) is 24.3 Å². The first-order chi connectivity index (χ1) is 10.3. The molecular formula is C18H18N2O. The molecule has 0 radical (unpaired) electrons. The summed E-state index contributed by atoms with van der Waals surface area (Å²) in [5.74, 6) is 2.79. The van der Waals surface area contributed by atoms with Gasteiger partial charge in [0.2, 0.25) is 0 Å². The van der Waals surface area contributed by atoms with Crippen LogP contribution in [0.2, 0.25) is 0 Å². The zero-order valence-electron chi connectivity index (χ0n) is 12.1. The first-order valence-corrected chi connectivity index (χ1v) is 7.43. The summed E-state index contributed by atoms with van der Waals surface area (Å²) in [6.07, 6.45) is 2.54. The van der Waals surface area contributed by atoms with E-state index in [0.717, 1.165) is 17.8 Å². The Balaban J connectivity index is 1.75. The summed E-state index contributed by atoms with van der Waals surface area (Å²) >= 11 is 0. The Morgan fingerprint density at radius 2 is 1.86 bits per heavy atom. The van der Waals surface area contributed by atoms with E-state index in [1.54, 1.807) is 7.11 Å². The number of aromatic nitrogens is 2. The van der Waals surface area contributed by atoms with E-state index in [1.807, 2.05) is 12.1 Å². The number of hydrogen-bond acceptors (Lipinski definition) is 2. The predicted molar refractivity (Wildman–Crippen MR) is 83.8 cm³/mol. The molecule has 1 heterocycles. The van der Waals surface area contributed by atoms with Crippen molar-refractivity contribution < 1.29 is 4.74 Å². The van der Waals surface area contributed by atoms with Gasteiger partial charge in [0.05, 0.1) is 18.1 Å². The van der Waals surface area contributed by atoms with E-state index in [2.05, 4.69) is 41.0 Å². The SMILES string of the molecule is COc1ccc(Cn2c(C3CC3)nc3ccccc32)cc1. The van der Waals surface area contributed by atoms with Crippen LogP contribution in [-0.2, 0) is 6.54 Å². The second kappa shape index (κ2) is 4.92. The summed E-state index contributed by atoms with van der Waals surface area (Å²) in [5.41, 5.74) is 3.61. The lowest BCUT2D eigenvalue weighted by Crippen LogP contribution is -2.04. The fraction of sp³-hybridized carbons (Fsp3) is 0.278. The number of fused-ring (bicyclic) bond motifs is 1. The average molecular weight is 278 g/mol. The van der Waals surface area contributed by atoms with Crippen LogP contribution in [0.4, 0.5) is 0 Å². The maximum atomic E-state index is 5.23. The maximum Gasteiger partial charge on any atom is 0.118 e. The highest BCUT2D eigenvalue weighted by Crippen LogP contribution is 2.40. The van der Waals surface area contributed by atoms with Gasteiger partial charge >= 0.3 is 0 Å². The summed E-state index contributed by atoms with van der Waals surface area (Å²) in [7, 11) is 1.70. The molecule has 1 saturated carbocycles. The smallest absolute Gasteiger partial charge is 0.118 e. The highest BCUT2D eigenvalue weighted by molar-refractivity contribution is 5.76. The summed E-state index contributed by atoms with van der Waals surface area (Å²) in [4.78, 5) is 4.84. The molecule has 0 saturated heterocycles. The third kappa shape index (κ3) is 2.29. The molecule has 1 fully saturated rings. The Bertz CT molecular complexity index is 770. The van der Waals surface area contributed by atoms with Crippen LogP contribution in [0.25, 0.3) is 11.0 Å². The molecule has 3 heteroatoms. The summed E-state index contributed by atoms with van der Waals surface area (Å²) in [6, 6.07) is 16.7. The van der Waals surface area contributed by atoms with Crippen LogP contribution in [0.15, 0.2) is 48.5 Å². The van der Waals surface area contributed by atoms with Crippen molar-refractivity contribution >= 4 is 11.0 Å². The highest BCUT2D eigenvalue weighted by atomic mass is 16.5. The van der Waals surface area contributed by atoms with Gasteiger partial charge in [0.15, 0.2) is 0 Å². The van der Waals surface area contributed by atoms with Crippen LogP contribution >= 0.6 is 0 Å². The molecule has 4 rings (SSSR count). The molecule has 0 N–H and O–H groups in total. The van der Waals surface area contributed by atoms with E-state index >= 15 is 0 Å². The van der Waals surface area contributed by atoms with Crippen molar-refractivity contribution in [3.63, 3.8) is 0 Å². The molecule has 0 unspecified atom stereocenters. The van der Waals surface area contributed by atoms with Crippen molar-refractivity contribution in [2.24, 2.45) is 0 Å². The monoisotopic (exact) mass is 278 g/mol. The molecule has 3 aromatic rings. The molecule has 1 aliphatic carbocycles. The number of ether oxygens (including phenoxy) is 1. The minimum Gasteiger partial charge on any atom is -0.497 e. The van der Waals surface area contributed by atoms with E-state index in [-0.39, 0.29) is 0 Å². The Kier molecular flexibility index (Phi) is 2.92. The van der Waals surface area contributed by atoms with Crippen LogP contribution < -0.4 is 4.74 Å². The van der Waals surface area contributed by atoms with Gasteiger partial charge in [-0.15, -0.1) is 0 Å². The summed E-state index contributed by atoms with van der Waals surface area (Å²) in [6.45, 7) is 0.871. The van der Waals surface area contributed by atoms with Crippen molar-refractivity contribution in [2.45, 2.75) is 25.3 Å². The van der Waals surface area contributed by atoms with Gasteiger partial charge < -0.3 is 9.30 Å². The van der Waals surface area contributed by atoms with E-state index in [9.17, 15) is 0 Å². The van der Waals surface area contributed by atoms with Gasteiger partial charge in [-0.25, -0.2) is 4.98 Å². The van der Waals surface area contributed by atoms with Gasteiger partial charge in [0.25, 0.3) is 0 Å². The molecule has 21 heavy (non-hydrogen) atoms. The Hall–Kier alpha value is -2.29. The number of nitrogens with zero attached hydrogens (tertiary/aromatic N) is 2. The fourth-order valence-corrected chi connectivity index (χ4v) is 2.83. The van der Waals surface area contributed by atoms with E-state index in [0.29, 0.717) is 5.92 Å². The average Bonchev–Trinajstić information content (AvgIpc) is 3.32. The number of hydrogen-bond donors (Lipinski definition) is 0. The summed E-state index contributed by atoms with van der Waals surface area (Å²) in [5, 5.41) is 0. The maximum absolute atomic E-state index is 5.23. The third-order valence-corrected chi connectivity index (χ3v) is 4.13. The molecule has 106 valence electrons. The number of para-hydroxylation sites is 2. The van der Waals surface area contributed by atoms with Crippen LogP contribution in [0.3, 0.4) is 0 Å². The minimum atomic E-state index is 0.649. The van der Waals surface area contributed by atoms with Crippen LogP contribution in [0.5, 0.6) is 5.75 Å². The zero-order valence-corrected chi connectivity index (χ0v) is 12.1. The van der Waals surface area contributed by atoms with Crippen molar-refractivity contribution in [3.05, 3.63) is 59.9 Å². The first kappa shape index (κ1) is 12.5. The highest BCUT2D eigenvalue weighted by Gasteiger charge is 2.29. The van der Waals surface area contributed by atoms with E-state index < -0.39 is 0 Å². The fourth-order valence-electron chi connectivity index (χ4n) is 2.83. The number of imidazole rings is 1. The third-order valence-electron chi connectivity index (χ3n) is 4.13. The van der Waals surface area contributed by atoms with Crippen LogP contribution in [-0.4, -0.2) is 16.7 Å². The van der Waals surface area contributed by atoms with Gasteiger partial charge in [-0.05, 0) is 42.7 Å². The molecule has 0 bridgehead atoms. The quantitative estimate of drug-likeness (QED) is 0.722. The lowest BCUT2D eigenvalue weighted by molar-refractivity contribution is 0.414. The topological polar surface area (TPSA) is 27.1 Å². The second-order valence-corrected chi connectivity index (χ2v) is 5.67. The standard InChI is InChI=1S/C18H18N2O/c1-21-15-10-6-13(7-11-15)12-20-17-5-3-2-4-16(17)19-18(20)14-8-9-14/h2-7,10-11,14H,8-9,12H2,1H3. The molecule has 0 amide bonds. The van der Waals surface area contributed by atoms with Crippen molar-refractivity contribution in [1.29, 1.82) is 0 Å². The number of rotatable bonds is 4. The minimum absolute atomic E-state index is 0.649. The van der Waals surface area contributed by atoms with E-state index in [1.165, 1.54) is 29.7 Å². The predicted octanol–water partition coefficient (Wildman–Crippen LogP) is 3.97. The Morgan fingerprint density at radius 3 is 2.57 bits per heavy atom. The normalized spacial score (nSPS) is 14.5. The number of methoxy groups -OCH3 is 1. The van der Waals surface area contributed by atoms with Crippen molar-refractivity contribution in [1.82, 2.24) is 9.55 Å². The van der Waals surface area contributed by atoms with Gasteiger partial charge in [0, 0.05) is 12.5 Å². The molecular weight excluding hydrogens is 260 g/mol. The van der Waals surface area contributed by atoms with Crippen molar-refractivity contribution in [3.8, 4) is 5.75 Å². The molecule has 1 aliphatic rings. The summed E-state index contributed by atoms with van der Waals surface area (Å²) < 4.78 is 7.60. The Labute approximate surface area is 124 Å². The van der Waals surface area contributed by atoms with Crippen molar-refractivity contribution in [2.75, 3.05) is 7.11 Å². The Morgan fingerprint density at radius 1 is 1.10 bits per heavy atom. The molecule has 3 nitrogen and oxygen atoms in total. The van der Waals surface area contributed by atoms with Crippen LogP contribution in [0, 0.1) is 0 Å². The molecule has 2 aromatic carbocycles. The lowest BCUT2D eigenvalue weighted by atomic mass is 10.2. The lowest BCUT2D eigenvalue weighted by Gasteiger charge is -2.09. The van der Waals surface area contributed by atoms with Crippen LogP contribution in [0.1, 0.15) is 30.1 Å². The first-order valence-electron chi connectivity index (χ1n) is 7.43. The van der Waals surface area contributed by atoms with Gasteiger partial charge in [-0.2, -0.15) is 0 Å². The number of benzene rings is 2. The van der Waals surface area contributed by atoms with Gasteiger partial charge in [-0.3, -0.25) is 0 Å². The van der Waals surface area contributed by atoms with Gasteiger partial charge in [0.1, 0.15) is 11.6 Å². The molecule has 1 aromatic heterocycles. The second-order valence-electron chi connectivity index (χ2n) is 5.67. The van der Waals surface area contributed by atoms with E-state index in [4.69, 9.17) is 9.72 Å². The molecule has 0 spiro atoms. The largest absolute Gasteiger partial charge is 0.497 e.